The van der Waals surface area contributed by atoms with Crippen LogP contribution < -0.4 is 4.72 Å². The molecule has 70 valence electrons. The minimum absolute atomic E-state index is 0.0111. The SMILES string of the molecule is C=CCS(=O)(=O)NCC/C=C/C. The van der Waals surface area contributed by atoms with Gasteiger partial charge in [0.1, 0.15) is 0 Å². The average molecular weight is 189 g/mol. The van der Waals surface area contributed by atoms with E-state index in [1.807, 2.05) is 19.1 Å². The molecule has 4 heteroatoms. The van der Waals surface area contributed by atoms with Crippen molar-refractivity contribution in [1.82, 2.24) is 4.72 Å². The second-order valence-electron chi connectivity index (χ2n) is 2.32. The highest BCUT2D eigenvalue weighted by molar-refractivity contribution is 7.89. The van der Waals surface area contributed by atoms with Crippen LogP contribution in [0, 0.1) is 0 Å². The lowest BCUT2D eigenvalue weighted by Gasteiger charge is -2.00. The van der Waals surface area contributed by atoms with Crippen molar-refractivity contribution in [1.29, 1.82) is 0 Å². The molecular weight excluding hydrogens is 174 g/mol. The van der Waals surface area contributed by atoms with Crippen LogP contribution in [0.15, 0.2) is 24.8 Å². The lowest BCUT2D eigenvalue weighted by atomic mass is 10.4. The average Bonchev–Trinajstić information content (AvgIpc) is 1.98. The molecule has 0 spiro atoms. The molecule has 0 aromatic carbocycles. The van der Waals surface area contributed by atoms with Crippen LogP contribution >= 0.6 is 0 Å². The molecule has 0 heterocycles. The zero-order chi connectivity index (χ0) is 9.45. The fourth-order valence-electron chi connectivity index (χ4n) is 0.679. The third-order valence-electron chi connectivity index (χ3n) is 1.21. The summed E-state index contributed by atoms with van der Waals surface area (Å²) in [6.07, 6.45) is 5.91. The number of hydrogen-bond donors (Lipinski definition) is 1. The van der Waals surface area contributed by atoms with Crippen molar-refractivity contribution in [2.24, 2.45) is 0 Å². The highest BCUT2D eigenvalue weighted by Crippen LogP contribution is 1.86. The largest absolute Gasteiger partial charge is 0.215 e. The second kappa shape index (κ2) is 5.97. The summed E-state index contributed by atoms with van der Waals surface area (Å²) >= 11 is 0. The molecule has 0 saturated heterocycles. The summed E-state index contributed by atoms with van der Waals surface area (Å²) in [6, 6.07) is 0. The van der Waals surface area contributed by atoms with E-state index in [0.29, 0.717) is 6.54 Å². The van der Waals surface area contributed by atoms with E-state index in [-0.39, 0.29) is 5.75 Å². The van der Waals surface area contributed by atoms with Gasteiger partial charge in [0.25, 0.3) is 0 Å². The molecular formula is C8H15NO2S. The van der Waals surface area contributed by atoms with Crippen molar-refractivity contribution in [3.8, 4) is 0 Å². The molecule has 0 rings (SSSR count). The summed E-state index contributed by atoms with van der Waals surface area (Å²) in [5, 5.41) is 0. The highest BCUT2D eigenvalue weighted by Gasteiger charge is 2.04. The molecule has 0 aliphatic rings. The molecule has 0 aliphatic carbocycles. The third kappa shape index (κ3) is 6.12. The molecule has 0 fully saturated rings. The molecule has 0 aromatic heterocycles. The van der Waals surface area contributed by atoms with Gasteiger partial charge in [-0.1, -0.05) is 18.2 Å². The minimum Gasteiger partial charge on any atom is -0.215 e. The van der Waals surface area contributed by atoms with Crippen LogP contribution in [0.5, 0.6) is 0 Å². The van der Waals surface area contributed by atoms with Gasteiger partial charge in [-0.25, -0.2) is 13.1 Å². The van der Waals surface area contributed by atoms with E-state index in [0.717, 1.165) is 6.42 Å². The standard InChI is InChI=1S/C8H15NO2S/c1-3-5-6-7-9-12(10,11)8-4-2/h3-5,9H,2,6-8H2,1H3/b5-3+. The molecule has 1 N–H and O–H groups in total. The summed E-state index contributed by atoms with van der Waals surface area (Å²) < 4.78 is 24.4. The van der Waals surface area contributed by atoms with Gasteiger partial charge < -0.3 is 0 Å². The number of hydrogen-bond acceptors (Lipinski definition) is 2. The molecule has 0 saturated carbocycles. The Morgan fingerprint density at radius 3 is 2.67 bits per heavy atom. The summed E-state index contributed by atoms with van der Waals surface area (Å²) in [4.78, 5) is 0. The highest BCUT2D eigenvalue weighted by atomic mass is 32.2. The van der Waals surface area contributed by atoms with Gasteiger partial charge >= 0.3 is 0 Å². The van der Waals surface area contributed by atoms with Gasteiger partial charge in [-0.2, -0.15) is 0 Å². The van der Waals surface area contributed by atoms with Crippen LogP contribution in [0.4, 0.5) is 0 Å². The molecule has 3 nitrogen and oxygen atoms in total. The first-order valence-electron chi connectivity index (χ1n) is 3.82. The Balaban J connectivity index is 3.69. The van der Waals surface area contributed by atoms with Crippen molar-refractivity contribution in [3.05, 3.63) is 24.8 Å². The Kier molecular flexibility index (Phi) is 5.66. The van der Waals surface area contributed by atoms with Crippen LogP contribution in [0.1, 0.15) is 13.3 Å². The van der Waals surface area contributed by atoms with Gasteiger partial charge in [-0.3, -0.25) is 0 Å². The minimum atomic E-state index is -3.11. The van der Waals surface area contributed by atoms with Crippen molar-refractivity contribution in [3.63, 3.8) is 0 Å². The first kappa shape index (κ1) is 11.4. The lowest BCUT2D eigenvalue weighted by molar-refractivity contribution is 0.585. The van der Waals surface area contributed by atoms with Crippen molar-refractivity contribution in [2.75, 3.05) is 12.3 Å². The fourth-order valence-corrected chi connectivity index (χ4v) is 1.54. The maximum Gasteiger partial charge on any atom is 0.215 e. The summed E-state index contributed by atoms with van der Waals surface area (Å²) in [5.74, 6) is -0.0111. The third-order valence-corrected chi connectivity index (χ3v) is 2.52. The van der Waals surface area contributed by atoms with E-state index in [2.05, 4.69) is 11.3 Å². The second-order valence-corrected chi connectivity index (χ2v) is 4.17. The Hall–Kier alpha value is -0.610. The predicted octanol–water partition coefficient (Wildman–Crippen LogP) is 1.06. The van der Waals surface area contributed by atoms with E-state index in [9.17, 15) is 8.42 Å². The van der Waals surface area contributed by atoms with E-state index in [1.54, 1.807) is 0 Å². The summed E-state index contributed by atoms with van der Waals surface area (Å²) in [6.45, 7) is 5.72. The van der Waals surface area contributed by atoms with E-state index in [4.69, 9.17) is 0 Å². The van der Waals surface area contributed by atoms with Crippen LogP contribution in [0.25, 0.3) is 0 Å². The normalized spacial score (nSPS) is 12.1. The van der Waals surface area contributed by atoms with Crippen LogP contribution in [-0.4, -0.2) is 20.7 Å². The van der Waals surface area contributed by atoms with Gasteiger partial charge in [0.05, 0.1) is 5.75 Å². The maximum absolute atomic E-state index is 11.0. The number of rotatable bonds is 6. The monoisotopic (exact) mass is 189 g/mol. The van der Waals surface area contributed by atoms with E-state index < -0.39 is 10.0 Å². The maximum atomic E-state index is 11.0. The van der Waals surface area contributed by atoms with Gasteiger partial charge in [-0.15, -0.1) is 6.58 Å². The fraction of sp³-hybridized carbons (Fsp3) is 0.500. The smallest absolute Gasteiger partial charge is 0.215 e. The molecule has 0 bridgehead atoms. The van der Waals surface area contributed by atoms with Gasteiger partial charge in [-0.05, 0) is 13.3 Å². The Bertz CT molecular complexity index is 242. The molecule has 0 unspecified atom stereocenters. The molecule has 0 atom stereocenters. The van der Waals surface area contributed by atoms with Crippen molar-refractivity contribution >= 4 is 10.0 Å². The Labute approximate surface area is 74.2 Å². The zero-order valence-corrected chi connectivity index (χ0v) is 8.10. The first-order valence-corrected chi connectivity index (χ1v) is 5.47. The van der Waals surface area contributed by atoms with Crippen LogP contribution in [-0.2, 0) is 10.0 Å². The molecule has 0 aliphatic heterocycles. The van der Waals surface area contributed by atoms with Crippen LogP contribution in [0.2, 0.25) is 0 Å². The lowest BCUT2D eigenvalue weighted by Crippen LogP contribution is -2.26. The predicted molar refractivity (Wildman–Crippen MR) is 51.4 cm³/mol. The van der Waals surface area contributed by atoms with E-state index in [1.165, 1.54) is 6.08 Å². The topological polar surface area (TPSA) is 46.2 Å². The van der Waals surface area contributed by atoms with Crippen LogP contribution in [0.3, 0.4) is 0 Å². The zero-order valence-electron chi connectivity index (χ0n) is 7.29. The van der Waals surface area contributed by atoms with E-state index >= 15 is 0 Å². The van der Waals surface area contributed by atoms with Crippen molar-refractivity contribution < 1.29 is 8.42 Å². The van der Waals surface area contributed by atoms with Gasteiger partial charge in [0.2, 0.25) is 10.0 Å². The van der Waals surface area contributed by atoms with Gasteiger partial charge in [0, 0.05) is 6.54 Å². The quantitative estimate of drug-likeness (QED) is 0.501. The molecule has 0 aromatic rings. The summed E-state index contributed by atoms with van der Waals surface area (Å²) in [7, 11) is -3.11. The molecule has 0 amide bonds. The van der Waals surface area contributed by atoms with Crippen molar-refractivity contribution in [2.45, 2.75) is 13.3 Å². The number of sulfonamides is 1. The number of nitrogens with one attached hydrogen (secondary N) is 1. The molecule has 0 radical (unpaired) electrons. The molecule has 12 heavy (non-hydrogen) atoms. The van der Waals surface area contributed by atoms with Gasteiger partial charge in [0.15, 0.2) is 0 Å². The summed E-state index contributed by atoms with van der Waals surface area (Å²) in [5.41, 5.74) is 0. The number of allylic oxidation sites excluding steroid dienone is 1. The Morgan fingerprint density at radius 1 is 1.50 bits per heavy atom. The first-order chi connectivity index (χ1) is 5.62. The Morgan fingerprint density at radius 2 is 2.17 bits per heavy atom.